The highest BCUT2D eigenvalue weighted by Gasteiger charge is 2.13. The van der Waals surface area contributed by atoms with Crippen LogP contribution in [0.4, 0.5) is 4.79 Å². The number of carbonyl (C=O) groups excluding carboxylic acids is 1. The Kier molecular flexibility index (Phi) is 6.97. The molecule has 1 aliphatic carbocycles. The van der Waals surface area contributed by atoms with Crippen LogP contribution >= 0.6 is 0 Å². The summed E-state index contributed by atoms with van der Waals surface area (Å²) >= 11 is 0. The van der Waals surface area contributed by atoms with E-state index in [0.717, 1.165) is 19.4 Å². The molecule has 1 saturated carbocycles. The summed E-state index contributed by atoms with van der Waals surface area (Å²) in [5.74, 6) is 0.713. The Morgan fingerprint density at radius 3 is 2.75 bits per heavy atom. The zero-order valence-electron chi connectivity index (χ0n) is 10.3. The Hall–Kier alpha value is -0.770. The van der Waals surface area contributed by atoms with E-state index in [2.05, 4.69) is 17.8 Å². The van der Waals surface area contributed by atoms with Gasteiger partial charge in [-0.3, -0.25) is 5.43 Å². The van der Waals surface area contributed by atoms with Crippen molar-refractivity contribution in [1.29, 1.82) is 0 Å². The maximum absolute atomic E-state index is 11.2. The molecule has 0 aromatic rings. The summed E-state index contributed by atoms with van der Waals surface area (Å²) in [6, 6.07) is 0. The van der Waals surface area contributed by atoms with Gasteiger partial charge in [0.25, 0.3) is 0 Å². The Morgan fingerprint density at radius 2 is 2.06 bits per heavy atom. The van der Waals surface area contributed by atoms with E-state index in [4.69, 9.17) is 4.74 Å². The fourth-order valence-corrected chi connectivity index (χ4v) is 2.00. The van der Waals surface area contributed by atoms with Crippen LogP contribution in [-0.4, -0.2) is 19.2 Å². The topological polar surface area (TPSA) is 50.4 Å². The minimum absolute atomic E-state index is 0.357. The summed E-state index contributed by atoms with van der Waals surface area (Å²) < 4.78 is 4.96. The van der Waals surface area contributed by atoms with E-state index < -0.39 is 0 Å². The van der Waals surface area contributed by atoms with Gasteiger partial charge < -0.3 is 4.74 Å². The summed E-state index contributed by atoms with van der Waals surface area (Å²) in [7, 11) is 0. The second kappa shape index (κ2) is 8.39. The summed E-state index contributed by atoms with van der Waals surface area (Å²) in [5, 5.41) is 0. The molecule has 2 N–H and O–H groups in total. The van der Waals surface area contributed by atoms with E-state index in [-0.39, 0.29) is 6.09 Å². The zero-order valence-corrected chi connectivity index (χ0v) is 10.3. The molecule has 0 radical (unpaired) electrons. The van der Waals surface area contributed by atoms with Gasteiger partial charge >= 0.3 is 6.09 Å². The highest BCUT2D eigenvalue weighted by molar-refractivity contribution is 5.66. The van der Waals surface area contributed by atoms with Crippen molar-refractivity contribution in [2.45, 2.75) is 51.9 Å². The Balaban J connectivity index is 1.94. The molecule has 0 heterocycles. The van der Waals surface area contributed by atoms with E-state index in [1.54, 1.807) is 0 Å². The molecule has 94 valence electrons. The first-order chi connectivity index (χ1) is 7.83. The van der Waals surface area contributed by atoms with E-state index in [1.807, 2.05) is 0 Å². The van der Waals surface area contributed by atoms with Gasteiger partial charge in [-0.2, -0.15) is 0 Å². The quantitative estimate of drug-likeness (QED) is 0.542. The number of nitrogens with one attached hydrogen (secondary N) is 2. The monoisotopic (exact) mass is 228 g/mol. The van der Waals surface area contributed by atoms with Gasteiger partial charge in [-0.25, -0.2) is 10.2 Å². The van der Waals surface area contributed by atoms with Crippen molar-refractivity contribution in [2.24, 2.45) is 5.92 Å². The second-order valence-electron chi connectivity index (χ2n) is 4.50. The van der Waals surface area contributed by atoms with Gasteiger partial charge in [0.15, 0.2) is 0 Å². The van der Waals surface area contributed by atoms with Gasteiger partial charge in [0.1, 0.15) is 0 Å². The van der Waals surface area contributed by atoms with Crippen molar-refractivity contribution in [3.8, 4) is 0 Å². The highest BCUT2D eigenvalue weighted by Crippen LogP contribution is 2.22. The van der Waals surface area contributed by atoms with E-state index >= 15 is 0 Å². The molecule has 1 rings (SSSR count). The van der Waals surface area contributed by atoms with Crippen LogP contribution in [0.1, 0.15) is 51.9 Å². The van der Waals surface area contributed by atoms with Crippen LogP contribution in [0.2, 0.25) is 0 Å². The van der Waals surface area contributed by atoms with Crippen molar-refractivity contribution in [3.63, 3.8) is 0 Å². The van der Waals surface area contributed by atoms with E-state index in [1.165, 1.54) is 32.1 Å². The maximum Gasteiger partial charge on any atom is 0.421 e. The molecule has 0 unspecified atom stereocenters. The van der Waals surface area contributed by atoms with Gasteiger partial charge in [-0.15, -0.1) is 0 Å². The molecular weight excluding hydrogens is 204 g/mol. The fraction of sp³-hybridized carbons (Fsp3) is 0.917. The number of hydrogen-bond donors (Lipinski definition) is 2. The minimum atomic E-state index is -0.357. The van der Waals surface area contributed by atoms with Gasteiger partial charge in [0.2, 0.25) is 0 Å². The largest absolute Gasteiger partial charge is 0.449 e. The number of rotatable bonds is 6. The fourth-order valence-electron chi connectivity index (χ4n) is 2.00. The van der Waals surface area contributed by atoms with Gasteiger partial charge in [0.05, 0.1) is 6.61 Å². The van der Waals surface area contributed by atoms with Crippen molar-refractivity contribution in [3.05, 3.63) is 0 Å². The van der Waals surface area contributed by atoms with Crippen molar-refractivity contribution in [2.75, 3.05) is 13.2 Å². The molecule has 0 aromatic carbocycles. The summed E-state index contributed by atoms with van der Waals surface area (Å²) in [6.07, 6.45) is 8.19. The molecule has 0 saturated heterocycles. The molecule has 1 amide bonds. The lowest BCUT2D eigenvalue weighted by Gasteiger charge is -2.21. The number of amides is 1. The standard InChI is InChI=1S/C12H24N2O2/c1-2-3-9-16-12(15)14-13-10-11-7-5-4-6-8-11/h11,13H,2-10H2,1H3,(H,14,15). The summed E-state index contributed by atoms with van der Waals surface area (Å²) in [4.78, 5) is 11.2. The smallest absolute Gasteiger partial charge is 0.421 e. The predicted molar refractivity (Wildman–Crippen MR) is 64.0 cm³/mol. The first-order valence-corrected chi connectivity index (χ1v) is 6.48. The Bertz CT molecular complexity index is 191. The molecule has 16 heavy (non-hydrogen) atoms. The first-order valence-electron chi connectivity index (χ1n) is 6.48. The second-order valence-corrected chi connectivity index (χ2v) is 4.50. The van der Waals surface area contributed by atoms with Gasteiger partial charge in [0, 0.05) is 6.54 Å². The molecule has 4 heteroatoms. The maximum atomic E-state index is 11.2. The van der Waals surface area contributed by atoms with Crippen molar-refractivity contribution >= 4 is 6.09 Å². The summed E-state index contributed by atoms with van der Waals surface area (Å²) in [6.45, 7) is 3.44. The SMILES string of the molecule is CCCCOC(=O)NNCC1CCCCC1. The summed E-state index contributed by atoms with van der Waals surface area (Å²) in [5.41, 5.74) is 5.53. The molecule has 1 aliphatic rings. The van der Waals surface area contributed by atoms with Crippen LogP contribution < -0.4 is 10.9 Å². The number of hydrogen-bond acceptors (Lipinski definition) is 3. The van der Waals surface area contributed by atoms with Crippen LogP contribution in [0.5, 0.6) is 0 Å². The third-order valence-corrected chi connectivity index (χ3v) is 3.04. The number of hydrazine groups is 1. The lowest BCUT2D eigenvalue weighted by atomic mass is 9.89. The lowest BCUT2D eigenvalue weighted by molar-refractivity contribution is 0.138. The van der Waals surface area contributed by atoms with Crippen LogP contribution in [0, 0.1) is 5.92 Å². The van der Waals surface area contributed by atoms with Crippen LogP contribution in [0.3, 0.4) is 0 Å². The average Bonchev–Trinajstić information content (AvgIpc) is 2.31. The molecule has 1 fully saturated rings. The van der Waals surface area contributed by atoms with Crippen LogP contribution in [0.15, 0.2) is 0 Å². The average molecular weight is 228 g/mol. The molecule has 4 nitrogen and oxygen atoms in total. The lowest BCUT2D eigenvalue weighted by Crippen LogP contribution is -2.41. The molecule has 0 aromatic heterocycles. The molecular formula is C12H24N2O2. The molecule has 0 bridgehead atoms. The number of ether oxygens (including phenoxy) is 1. The van der Waals surface area contributed by atoms with Crippen molar-refractivity contribution in [1.82, 2.24) is 10.9 Å². The van der Waals surface area contributed by atoms with Crippen molar-refractivity contribution < 1.29 is 9.53 Å². The number of unbranched alkanes of at least 4 members (excludes halogenated alkanes) is 1. The van der Waals surface area contributed by atoms with Gasteiger partial charge in [-0.1, -0.05) is 32.6 Å². The zero-order chi connectivity index (χ0) is 11.6. The molecule has 0 atom stereocenters. The number of carbonyl (C=O) groups is 1. The van der Waals surface area contributed by atoms with E-state index in [9.17, 15) is 4.79 Å². The Morgan fingerprint density at radius 1 is 1.31 bits per heavy atom. The van der Waals surface area contributed by atoms with Gasteiger partial charge in [-0.05, 0) is 25.2 Å². The molecule has 0 aliphatic heterocycles. The highest BCUT2D eigenvalue weighted by atomic mass is 16.6. The predicted octanol–water partition coefficient (Wildman–Crippen LogP) is 2.60. The normalized spacial score (nSPS) is 17.1. The van der Waals surface area contributed by atoms with Crippen LogP contribution in [0.25, 0.3) is 0 Å². The third kappa shape index (κ3) is 5.95. The van der Waals surface area contributed by atoms with Crippen LogP contribution in [-0.2, 0) is 4.74 Å². The third-order valence-electron chi connectivity index (χ3n) is 3.04. The minimum Gasteiger partial charge on any atom is -0.449 e. The molecule has 0 spiro atoms. The Labute approximate surface area is 98.1 Å². The first kappa shape index (κ1) is 13.3. The van der Waals surface area contributed by atoms with E-state index in [0.29, 0.717) is 12.5 Å².